The van der Waals surface area contributed by atoms with E-state index in [0.29, 0.717) is 23.3 Å². The summed E-state index contributed by atoms with van der Waals surface area (Å²) in [7, 11) is 0. The van der Waals surface area contributed by atoms with E-state index in [-0.39, 0.29) is 5.69 Å². The summed E-state index contributed by atoms with van der Waals surface area (Å²) in [5.41, 5.74) is 0.654. The van der Waals surface area contributed by atoms with Crippen LogP contribution in [-0.4, -0.2) is 14.9 Å². The molecular formula is C13H10N4O3. The highest BCUT2D eigenvalue weighted by Crippen LogP contribution is 2.24. The Hall–Kier alpha value is -2.96. The Morgan fingerprint density at radius 1 is 1.30 bits per heavy atom. The molecule has 100 valence electrons. The number of furan rings is 1. The second kappa shape index (κ2) is 4.96. The van der Waals surface area contributed by atoms with Crippen LogP contribution in [0.5, 0.6) is 0 Å². The van der Waals surface area contributed by atoms with Gasteiger partial charge in [0.2, 0.25) is 0 Å². The second-order valence-electron chi connectivity index (χ2n) is 4.11. The Bertz CT molecular complexity index is 755. The van der Waals surface area contributed by atoms with Gasteiger partial charge in [0.05, 0.1) is 23.2 Å². The number of benzene rings is 1. The van der Waals surface area contributed by atoms with Gasteiger partial charge in [-0.1, -0.05) is 0 Å². The monoisotopic (exact) mass is 270 g/mol. The van der Waals surface area contributed by atoms with Gasteiger partial charge in [-0.05, 0) is 18.2 Å². The fourth-order valence-corrected chi connectivity index (χ4v) is 1.88. The van der Waals surface area contributed by atoms with Crippen molar-refractivity contribution in [3.8, 4) is 0 Å². The zero-order valence-corrected chi connectivity index (χ0v) is 10.3. The van der Waals surface area contributed by atoms with Crippen LogP contribution in [0.15, 0.2) is 47.3 Å². The molecule has 0 saturated heterocycles. The van der Waals surface area contributed by atoms with Crippen LogP contribution >= 0.6 is 0 Å². The molecule has 0 fully saturated rings. The zero-order chi connectivity index (χ0) is 13.9. The maximum Gasteiger partial charge on any atom is 0.270 e. The van der Waals surface area contributed by atoms with Crippen molar-refractivity contribution in [2.45, 2.75) is 6.54 Å². The fraction of sp³-hybridized carbons (Fsp3) is 0.0769. The first-order chi connectivity index (χ1) is 9.74. The minimum Gasteiger partial charge on any atom is -0.467 e. The molecule has 0 bridgehead atoms. The average Bonchev–Trinajstić information content (AvgIpc) is 2.97. The minimum absolute atomic E-state index is 0.00773. The van der Waals surface area contributed by atoms with Crippen molar-refractivity contribution in [2.24, 2.45) is 0 Å². The summed E-state index contributed by atoms with van der Waals surface area (Å²) in [6.07, 6.45) is 3.00. The molecule has 2 heterocycles. The van der Waals surface area contributed by atoms with Gasteiger partial charge in [0.1, 0.15) is 17.9 Å². The molecule has 0 atom stereocenters. The quantitative estimate of drug-likeness (QED) is 0.578. The number of hydrogen-bond acceptors (Lipinski definition) is 6. The number of nitro benzene ring substituents is 1. The number of non-ortho nitro benzene ring substituents is 1. The van der Waals surface area contributed by atoms with Gasteiger partial charge in [0.15, 0.2) is 0 Å². The predicted octanol–water partition coefficient (Wildman–Crippen LogP) is 2.74. The molecule has 0 aliphatic heterocycles. The number of anilines is 1. The smallest absolute Gasteiger partial charge is 0.270 e. The standard InChI is InChI=1S/C13H10N4O3/c18-17(19)9-3-4-12-11(6-9)13(16-8-15-12)14-7-10-2-1-5-20-10/h1-6,8H,7H2,(H,14,15,16). The molecular weight excluding hydrogens is 260 g/mol. The maximum atomic E-state index is 10.8. The van der Waals surface area contributed by atoms with Crippen molar-refractivity contribution in [1.82, 2.24) is 9.97 Å². The van der Waals surface area contributed by atoms with Crippen LogP contribution in [0.4, 0.5) is 11.5 Å². The topological polar surface area (TPSA) is 94.1 Å². The lowest BCUT2D eigenvalue weighted by Crippen LogP contribution is -2.02. The summed E-state index contributed by atoms with van der Waals surface area (Å²) < 4.78 is 5.22. The molecule has 0 aliphatic rings. The number of fused-ring (bicyclic) bond motifs is 1. The lowest BCUT2D eigenvalue weighted by atomic mass is 10.2. The van der Waals surface area contributed by atoms with Crippen molar-refractivity contribution in [1.29, 1.82) is 0 Å². The van der Waals surface area contributed by atoms with E-state index in [1.165, 1.54) is 18.5 Å². The summed E-state index contributed by atoms with van der Waals surface area (Å²) in [6.45, 7) is 0.446. The van der Waals surface area contributed by atoms with Crippen LogP contribution in [0.25, 0.3) is 10.9 Å². The van der Waals surface area contributed by atoms with E-state index in [1.807, 2.05) is 6.07 Å². The van der Waals surface area contributed by atoms with E-state index in [4.69, 9.17) is 4.42 Å². The molecule has 1 aromatic carbocycles. The van der Waals surface area contributed by atoms with Crippen LogP contribution < -0.4 is 5.32 Å². The number of hydrogen-bond donors (Lipinski definition) is 1. The predicted molar refractivity (Wildman–Crippen MR) is 72.2 cm³/mol. The Kier molecular flexibility index (Phi) is 3.00. The van der Waals surface area contributed by atoms with E-state index in [0.717, 1.165) is 5.76 Å². The minimum atomic E-state index is -0.442. The highest BCUT2D eigenvalue weighted by Gasteiger charge is 2.10. The average molecular weight is 270 g/mol. The molecule has 3 aromatic rings. The van der Waals surface area contributed by atoms with E-state index >= 15 is 0 Å². The van der Waals surface area contributed by atoms with Gasteiger partial charge >= 0.3 is 0 Å². The van der Waals surface area contributed by atoms with Crippen molar-refractivity contribution in [2.75, 3.05) is 5.32 Å². The molecule has 1 N–H and O–H groups in total. The van der Waals surface area contributed by atoms with E-state index < -0.39 is 4.92 Å². The third-order valence-corrected chi connectivity index (χ3v) is 2.84. The van der Waals surface area contributed by atoms with Gasteiger partial charge in [-0.3, -0.25) is 10.1 Å². The first kappa shape index (κ1) is 12.1. The molecule has 0 radical (unpaired) electrons. The summed E-state index contributed by atoms with van der Waals surface area (Å²) in [6, 6.07) is 8.11. The number of aromatic nitrogens is 2. The van der Waals surface area contributed by atoms with Crippen molar-refractivity contribution in [3.63, 3.8) is 0 Å². The Labute approximate surface area is 113 Å². The van der Waals surface area contributed by atoms with Crippen LogP contribution in [0, 0.1) is 10.1 Å². The summed E-state index contributed by atoms with van der Waals surface area (Å²) in [5, 5.41) is 14.5. The number of nitrogens with one attached hydrogen (secondary N) is 1. The van der Waals surface area contributed by atoms with Crippen molar-refractivity contribution >= 4 is 22.4 Å². The number of nitrogens with zero attached hydrogens (tertiary/aromatic N) is 3. The summed E-state index contributed by atoms with van der Waals surface area (Å²) >= 11 is 0. The number of rotatable bonds is 4. The lowest BCUT2D eigenvalue weighted by Gasteiger charge is -2.06. The SMILES string of the molecule is O=[N+]([O-])c1ccc2ncnc(NCc3ccco3)c2c1. The number of nitro groups is 1. The fourth-order valence-electron chi connectivity index (χ4n) is 1.88. The third kappa shape index (κ3) is 2.28. The van der Waals surface area contributed by atoms with Crippen LogP contribution in [0.2, 0.25) is 0 Å². The van der Waals surface area contributed by atoms with Crippen molar-refractivity contribution < 1.29 is 9.34 Å². The van der Waals surface area contributed by atoms with Crippen LogP contribution in [0.3, 0.4) is 0 Å². The largest absolute Gasteiger partial charge is 0.467 e. The van der Waals surface area contributed by atoms with Crippen LogP contribution in [0.1, 0.15) is 5.76 Å². The molecule has 3 rings (SSSR count). The Morgan fingerprint density at radius 3 is 2.95 bits per heavy atom. The first-order valence-electron chi connectivity index (χ1n) is 5.89. The molecule has 0 aliphatic carbocycles. The molecule has 0 saturated carbocycles. The molecule has 20 heavy (non-hydrogen) atoms. The normalized spacial score (nSPS) is 10.6. The highest BCUT2D eigenvalue weighted by atomic mass is 16.6. The van der Waals surface area contributed by atoms with Gasteiger partial charge in [-0.2, -0.15) is 0 Å². The first-order valence-corrected chi connectivity index (χ1v) is 5.89. The van der Waals surface area contributed by atoms with Crippen LogP contribution in [-0.2, 0) is 6.54 Å². The molecule has 0 spiro atoms. The van der Waals surface area contributed by atoms with Gasteiger partial charge in [-0.25, -0.2) is 9.97 Å². The van der Waals surface area contributed by atoms with Gasteiger partial charge in [0, 0.05) is 17.5 Å². The maximum absolute atomic E-state index is 10.8. The Balaban J connectivity index is 1.96. The molecule has 2 aromatic heterocycles. The zero-order valence-electron chi connectivity index (χ0n) is 10.3. The Morgan fingerprint density at radius 2 is 2.20 bits per heavy atom. The molecule has 7 nitrogen and oxygen atoms in total. The van der Waals surface area contributed by atoms with Gasteiger partial charge < -0.3 is 9.73 Å². The highest BCUT2D eigenvalue weighted by molar-refractivity contribution is 5.90. The second-order valence-corrected chi connectivity index (χ2v) is 4.11. The van der Waals surface area contributed by atoms with Crippen molar-refractivity contribution in [3.05, 3.63) is 58.8 Å². The molecule has 7 heteroatoms. The van der Waals surface area contributed by atoms with E-state index in [1.54, 1.807) is 18.4 Å². The lowest BCUT2D eigenvalue weighted by molar-refractivity contribution is -0.384. The third-order valence-electron chi connectivity index (χ3n) is 2.84. The van der Waals surface area contributed by atoms with Gasteiger partial charge in [-0.15, -0.1) is 0 Å². The van der Waals surface area contributed by atoms with Gasteiger partial charge in [0.25, 0.3) is 5.69 Å². The molecule has 0 unspecified atom stereocenters. The summed E-state index contributed by atoms with van der Waals surface area (Å²) in [5.74, 6) is 1.29. The van der Waals surface area contributed by atoms with E-state index in [2.05, 4.69) is 15.3 Å². The van der Waals surface area contributed by atoms with E-state index in [9.17, 15) is 10.1 Å². The summed E-state index contributed by atoms with van der Waals surface area (Å²) in [4.78, 5) is 18.6. The molecule has 0 amide bonds.